The van der Waals surface area contributed by atoms with Crippen molar-refractivity contribution in [2.24, 2.45) is 5.92 Å². The normalized spacial score (nSPS) is 14.0. The highest BCUT2D eigenvalue weighted by Gasteiger charge is 2.29. The van der Waals surface area contributed by atoms with E-state index in [0.29, 0.717) is 25.5 Å². The van der Waals surface area contributed by atoms with Crippen molar-refractivity contribution >= 4 is 42.0 Å². The van der Waals surface area contributed by atoms with Crippen LogP contribution in [0.5, 0.6) is 0 Å². The van der Waals surface area contributed by atoms with E-state index in [1.807, 2.05) is 18.7 Å². The van der Waals surface area contributed by atoms with Gasteiger partial charge in [-0.05, 0) is 54.5 Å². The predicted octanol–water partition coefficient (Wildman–Crippen LogP) is 4.39. The van der Waals surface area contributed by atoms with E-state index < -0.39 is 0 Å². The topological polar surface area (TPSA) is 46.6 Å². The maximum atomic E-state index is 12.6. The number of hydrogen-bond donors (Lipinski definition) is 0. The van der Waals surface area contributed by atoms with Crippen LogP contribution < -0.4 is 0 Å². The Labute approximate surface area is 166 Å². The molecule has 0 saturated carbocycles. The Morgan fingerprint density at radius 3 is 2.52 bits per heavy atom. The van der Waals surface area contributed by atoms with Crippen LogP contribution in [0.2, 0.25) is 0 Å². The molecule has 25 heavy (non-hydrogen) atoms. The zero-order valence-corrected chi connectivity index (χ0v) is 18.5. The Hall–Kier alpha value is -0.760. The lowest BCUT2D eigenvalue weighted by Gasteiger charge is -2.33. The molecule has 0 bridgehead atoms. The molecule has 1 amide bonds. The zero-order chi connectivity index (χ0) is 18.7. The minimum atomic E-state index is -0.208. The third-order valence-corrected chi connectivity index (χ3v) is 6.68. The summed E-state index contributed by atoms with van der Waals surface area (Å²) in [6, 6.07) is 0. The first kappa shape index (κ1) is 20.6. The van der Waals surface area contributed by atoms with Crippen molar-refractivity contribution in [3.63, 3.8) is 0 Å². The Morgan fingerprint density at radius 1 is 1.28 bits per heavy atom. The summed E-state index contributed by atoms with van der Waals surface area (Å²) in [6.45, 7) is 12.1. The number of halogens is 1. The van der Waals surface area contributed by atoms with Gasteiger partial charge in [-0.2, -0.15) is 0 Å². The van der Waals surface area contributed by atoms with E-state index in [0.717, 1.165) is 28.1 Å². The third kappa shape index (κ3) is 4.51. The first-order valence-electron chi connectivity index (χ1n) is 8.65. The van der Waals surface area contributed by atoms with Gasteiger partial charge in [0.25, 0.3) is 0 Å². The number of fused-ring (bicyclic) bond motifs is 1. The number of nitrogens with zero attached hydrogens (tertiary/aromatic N) is 1. The second-order valence-electron chi connectivity index (χ2n) is 6.92. The molecule has 138 valence electrons. The summed E-state index contributed by atoms with van der Waals surface area (Å²) in [5.74, 6) is 0.425. The van der Waals surface area contributed by atoms with E-state index in [1.54, 1.807) is 8.93 Å². The van der Waals surface area contributed by atoms with E-state index in [4.69, 9.17) is 4.74 Å². The molecular formula is C19H26INO3S. The number of carbonyl (C=O) groups is 2. The summed E-state index contributed by atoms with van der Waals surface area (Å²) in [7, 11) is 1.64. The monoisotopic (exact) mass is 475 g/mol. The van der Waals surface area contributed by atoms with Crippen molar-refractivity contribution in [3.05, 3.63) is 27.8 Å². The average molecular weight is 475 g/mol. The van der Waals surface area contributed by atoms with Crippen molar-refractivity contribution in [1.82, 2.24) is 4.90 Å². The van der Waals surface area contributed by atoms with E-state index in [2.05, 4.69) is 42.0 Å². The molecule has 0 saturated heterocycles. The fourth-order valence-electron chi connectivity index (χ4n) is 3.44. The van der Waals surface area contributed by atoms with Crippen LogP contribution in [0.4, 0.5) is 0 Å². The molecule has 6 heteroatoms. The Kier molecular flexibility index (Phi) is 7.19. The van der Waals surface area contributed by atoms with Gasteiger partial charge in [0.05, 0.1) is 19.4 Å². The van der Waals surface area contributed by atoms with Crippen molar-refractivity contribution < 1.29 is 14.3 Å². The van der Waals surface area contributed by atoms with Gasteiger partial charge in [0.15, 0.2) is 0 Å². The molecule has 0 spiro atoms. The van der Waals surface area contributed by atoms with Crippen LogP contribution in [0.25, 0.3) is 0 Å². The van der Waals surface area contributed by atoms with Gasteiger partial charge in [0.2, 0.25) is 5.91 Å². The second-order valence-corrected chi connectivity index (χ2v) is 8.80. The Bertz CT molecular complexity index is 688. The van der Waals surface area contributed by atoms with E-state index in [1.165, 1.54) is 11.1 Å². The first-order valence-corrected chi connectivity index (χ1v) is 12.0. The maximum Gasteiger partial charge on any atom is 0.310 e. The highest BCUT2D eigenvalue weighted by molar-refractivity contribution is 14.2. The van der Waals surface area contributed by atoms with Gasteiger partial charge in [0.1, 0.15) is 0 Å². The standard InChI is InChI=1S/C19H26INO3S/c1-6-24-18(23)8-15-12(4)14-7-17(22)21(9-11(2)3)10-16(14)13(5)19(15)25-20/h11H,6-10H2,1-5H3. The summed E-state index contributed by atoms with van der Waals surface area (Å²) >= 11 is 2.28. The second kappa shape index (κ2) is 8.75. The molecule has 1 aliphatic rings. The van der Waals surface area contributed by atoms with Crippen molar-refractivity contribution in [2.75, 3.05) is 13.2 Å². The lowest BCUT2D eigenvalue weighted by Crippen LogP contribution is -2.39. The van der Waals surface area contributed by atoms with Gasteiger partial charge in [0, 0.05) is 39.2 Å². The van der Waals surface area contributed by atoms with Crippen LogP contribution in [0.3, 0.4) is 0 Å². The van der Waals surface area contributed by atoms with E-state index >= 15 is 0 Å². The molecule has 0 unspecified atom stereocenters. The van der Waals surface area contributed by atoms with Gasteiger partial charge < -0.3 is 9.64 Å². The summed E-state index contributed by atoms with van der Waals surface area (Å²) in [6.07, 6.45) is 0.694. The quantitative estimate of drug-likeness (QED) is 0.452. The largest absolute Gasteiger partial charge is 0.466 e. The molecule has 0 fully saturated rings. The maximum absolute atomic E-state index is 12.6. The fraction of sp³-hybridized carbons (Fsp3) is 0.579. The van der Waals surface area contributed by atoms with Crippen molar-refractivity contribution in [2.45, 2.75) is 58.9 Å². The summed E-state index contributed by atoms with van der Waals surface area (Å²) < 4.78 is 5.14. The molecule has 1 aliphatic heterocycles. The number of carbonyl (C=O) groups excluding carboxylic acids is 2. The average Bonchev–Trinajstić information content (AvgIpc) is 2.54. The number of ether oxygens (including phenoxy) is 1. The summed E-state index contributed by atoms with van der Waals surface area (Å²) in [5, 5.41) is 0. The number of benzene rings is 1. The number of hydrogen-bond acceptors (Lipinski definition) is 4. The number of rotatable bonds is 6. The molecule has 0 radical (unpaired) electrons. The number of amides is 1. The predicted molar refractivity (Wildman–Crippen MR) is 110 cm³/mol. The van der Waals surface area contributed by atoms with Gasteiger partial charge in [-0.1, -0.05) is 22.8 Å². The lowest BCUT2D eigenvalue weighted by atomic mass is 9.86. The molecule has 1 aromatic rings. The van der Waals surface area contributed by atoms with Gasteiger partial charge in [-0.15, -0.1) is 0 Å². The van der Waals surface area contributed by atoms with Gasteiger partial charge in [-0.25, -0.2) is 0 Å². The Balaban J connectivity index is 2.48. The van der Waals surface area contributed by atoms with Crippen LogP contribution in [0.15, 0.2) is 4.90 Å². The van der Waals surface area contributed by atoms with Crippen molar-refractivity contribution in [1.29, 1.82) is 0 Å². The molecule has 0 N–H and O–H groups in total. The molecule has 2 rings (SSSR count). The number of esters is 1. The summed E-state index contributed by atoms with van der Waals surface area (Å²) in [4.78, 5) is 27.7. The SMILES string of the molecule is CCOC(=O)Cc1c(C)c2c(c(C)c1SI)CN(CC(C)C)C(=O)C2. The lowest BCUT2D eigenvalue weighted by molar-refractivity contribution is -0.142. The summed E-state index contributed by atoms with van der Waals surface area (Å²) in [5.41, 5.74) is 5.64. The van der Waals surface area contributed by atoms with Crippen LogP contribution in [-0.4, -0.2) is 29.9 Å². The van der Waals surface area contributed by atoms with Crippen LogP contribution in [0, 0.1) is 19.8 Å². The highest BCUT2D eigenvalue weighted by atomic mass is 127. The third-order valence-electron chi connectivity index (χ3n) is 4.66. The minimum absolute atomic E-state index is 0.181. The highest BCUT2D eigenvalue weighted by Crippen LogP contribution is 2.40. The molecule has 1 heterocycles. The molecule has 0 aromatic heterocycles. The molecule has 0 atom stereocenters. The first-order chi connectivity index (χ1) is 11.8. The Morgan fingerprint density at radius 2 is 1.96 bits per heavy atom. The fourth-order valence-corrected chi connectivity index (χ4v) is 5.79. The minimum Gasteiger partial charge on any atom is -0.466 e. The van der Waals surface area contributed by atoms with Gasteiger partial charge >= 0.3 is 5.97 Å². The van der Waals surface area contributed by atoms with Crippen LogP contribution in [0.1, 0.15) is 48.6 Å². The van der Waals surface area contributed by atoms with Crippen LogP contribution in [-0.2, 0) is 33.7 Å². The molecule has 4 nitrogen and oxygen atoms in total. The molecular weight excluding hydrogens is 449 g/mol. The van der Waals surface area contributed by atoms with Crippen molar-refractivity contribution in [3.8, 4) is 0 Å². The smallest absolute Gasteiger partial charge is 0.310 e. The molecule has 0 aliphatic carbocycles. The molecule has 1 aromatic carbocycles. The van der Waals surface area contributed by atoms with E-state index in [9.17, 15) is 9.59 Å². The van der Waals surface area contributed by atoms with E-state index in [-0.39, 0.29) is 18.3 Å². The van der Waals surface area contributed by atoms with Gasteiger partial charge in [-0.3, -0.25) is 9.59 Å². The zero-order valence-electron chi connectivity index (χ0n) is 15.6. The van der Waals surface area contributed by atoms with Crippen LogP contribution >= 0.6 is 30.1 Å².